The Hall–Kier alpha value is -6.41. The standard InChI is InChI=1S/C56H76N12O7S/c1-34-35(2)65-66-50(34)64-51-43-28-48(76(72,73)56(4,5)6)47(29-45(43)60-33-61-51)74-26-14-15-37-22-24-67(25-23-37)55-58-30-41(31-59-55)75-40-27-46(53(70)62-44-21-13-19-38-16-11-12-20-42(38)44)68(32-40)54(71)49(39-17-9-8-10-18-39)63-52(69)36(3)57-7/h11-12,16,20,28-31,33,36-37,39-40,44,46,49,57H,8-10,13-15,17-19,21-27,32H2,1-7H3,(H,62,70)(H,63,69)(H2,60,61,64,65,66)/t36?,40-,44+,46-,49?/m0/s1. The topological polar surface area (TPSA) is 239 Å². The van der Waals surface area contributed by atoms with Crippen LogP contribution in [0, 0.1) is 25.7 Å². The minimum Gasteiger partial charge on any atom is -0.492 e. The average molecular weight is 1060 g/mol. The van der Waals surface area contributed by atoms with Gasteiger partial charge in [0.2, 0.25) is 23.7 Å². The Morgan fingerprint density at radius 1 is 0.921 bits per heavy atom. The molecule has 3 fully saturated rings. The highest BCUT2D eigenvalue weighted by molar-refractivity contribution is 7.92. The van der Waals surface area contributed by atoms with E-state index in [1.807, 2.05) is 26.0 Å². The maximum absolute atomic E-state index is 14.8. The predicted octanol–water partition coefficient (Wildman–Crippen LogP) is 7.37. The molecule has 3 aromatic heterocycles. The number of likely N-dealkylation sites (N-methyl/N-ethyl adjacent to an activating group) is 1. The zero-order valence-electron chi connectivity index (χ0n) is 45.2. The number of rotatable bonds is 18. The molecule has 0 radical (unpaired) electrons. The molecule has 2 unspecified atom stereocenters. The van der Waals surface area contributed by atoms with Gasteiger partial charge in [0.25, 0.3) is 0 Å². The number of sulfone groups is 1. The second kappa shape index (κ2) is 23.5. The number of fused-ring (bicyclic) bond motifs is 2. The van der Waals surface area contributed by atoms with Crippen LogP contribution in [0.3, 0.4) is 0 Å². The van der Waals surface area contributed by atoms with E-state index in [0.717, 1.165) is 107 Å². The number of nitrogens with one attached hydrogen (secondary N) is 5. The van der Waals surface area contributed by atoms with Crippen molar-refractivity contribution >= 4 is 56.0 Å². The Morgan fingerprint density at radius 3 is 2.38 bits per heavy atom. The first-order chi connectivity index (χ1) is 36.5. The van der Waals surface area contributed by atoms with Crippen LogP contribution in [-0.4, -0.2) is 123 Å². The summed E-state index contributed by atoms with van der Waals surface area (Å²) in [6, 6.07) is 9.34. The summed E-state index contributed by atoms with van der Waals surface area (Å²) < 4.78 is 39.8. The molecule has 4 aliphatic rings. The molecule has 76 heavy (non-hydrogen) atoms. The van der Waals surface area contributed by atoms with Crippen LogP contribution in [0.4, 0.5) is 17.6 Å². The Kier molecular flexibility index (Phi) is 16.8. The second-order valence-electron chi connectivity index (χ2n) is 22.3. The number of ether oxygens (including phenoxy) is 2. The van der Waals surface area contributed by atoms with Crippen LogP contribution in [-0.2, 0) is 30.6 Å². The number of amides is 3. The van der Waals surface area contributed by atoms with E-state index in [1.54, 1.807) is 64.2 Å². The zero-order valence-corrected chi connectivity index (χ0v) is 46.0. The first-order valence-electron chi connectivity index (χ1n) is 27.3. The number of hydrogen-bond acceptors (Lipinski definition) is 15. The first-order valence-corrected chi connectivity index (χ1v) is 28.8. The molecule has 408 valence electrons. The third kappa shape index (κ3) is 12.1. The first kappa shape index (κ1) is 54.4. The summed E-state index contributed by atoms with van der Waals surface area (Å²) in [6.07, 6.45) is 15.5. The minimum atomic E-state index is -3.82. The van der Waals surface area contributed by atoms with Crippen LogP contribution in [0.5, 0.6) is 11.5 Å². The van der Waals surface area contributed by atoms with Crippen LogP contribution in [0.15, 0.2) is 60.0 Å². The van der Waals surface area contributed by atoms with Crippen LogP contribution >= 0.6 is 0 Å². The number of aromatic amines is 1. The molecule has 5 aromatic rings. The van der Waals surface area contributed by atoms with Gasteiger partial charge in [-0.05, 0) is 135 Å². The molecule has 2 aliphatic heterocycles. The Balaban J connectivity index is 0.817. The lowest BCUT2D eigenvalue weighted by atomic mass is 9.83. The molecule has 5 heterocycles. The van der Waals surface area contributed by atoms with Crippen LogP contribution < -0.4 is 35.6 Å². The number of benzene rings is 2. The van der Waals surface area contributed by atoms with Crippen molar-refractivity contribution < 1.29 is 32.3 Å². The van der Waals surface area contributed by atoms with Crippen LogP contribution in [0.2, 0.25) is 0 Å². The number of anilines is 3. The highest BCUT2D eigenvalue weighted by Gasteiger charge is 2.46. The molecule has 5 atom stereocenters. The van der Waals surface area contributed by atoms with Crippen LogP contribution in [0.1, 0.15) is 133 Å². The summed E-state index contributed by atoms with van der Waals surface area (Å²) in [5.41, 5.74) is 4.74. The summed E-state index contributed by atoms with van der Waals surface area (Å²) >= 11 is 0. The largest absolute Gasteiger partial charge is 0.492 e. The maximum atomic E-state index is 14.8. The van der Waals surface area contributed by atoms with Gasteiger partial charge in [-0.1, -0.05) is 43.5 Å². The summed E-state index contributed by atoms with van der Waals surface area (Å²) in [5, 5.41) is 20.5. The van der Waals surface area contributed by atoms with Crippen molar-refractivity contribution in [1.29, 1.82) is 0 Å². The number of aryl methyl sites for hydroxylation is 2. The van der Waals surface area contributed by atoms with E-state index < -0.39 is 38.8 Å². The van der Waals surface area contributed by atoms with Crippen molar-refractivity contribution in [2.75, 3.05) is 43.5 Å². The quantitative estimate of drug-likeness (QED) is 0.0539. The van der Waals surface area contributed by atoms with Crippen molar-refractivity contribution in [3.8, 4) is 11.5 Å². The van der Waals surface area contributed by atoms with Gasteiger partial charge in [0.05, 0.1) is 47.9 Å². The highest BCUT2D eigenvalue weighted by Crippen LogP contribution is 2.39. The zero-order chi connectivity index (χ0) is 53.7. The molecule has 1 saturated carbocycles. The number of likely N-dealkylation sites (tertiary alicyclic amines) is 1. The lowest BCUT2D eigenvalue weighted by molar-refractivity contribution is -0.143. The van der Waals surface area contributed by atoms with Gasteiger partial charge < -0.3 is 40.5 Å². The van der Waals surface area contributed by atoms with Crippen molar-refractivity contribution in [2.45, 2.75) is 165 Å². The molecule has 19 nitrogen and oxygen atoms in total. The van der Waals surface area contributed by atoms with Gasteiger partial charge in [0, 0.05) is 42.2 Å². The van der Waals surface area contributed by atoms with Crippen molar-refractivity contribution in [2.24, 2.45) is 11.8 Å². The fraction of sp³-hybridized carbons (Fsp3) is 0.571. The molecule has 3 amide bonds. The SMILES string of the molecule is CNC(C)C(=O)NC(C(=O)N1C[C@@H](Oc2cnc(N3CCC(CCCOc4cc5ncnc(Nc6n[nH]c(C)c6C)c5cc4S(=O)(=O)C(C)(C)C)CC3)nc2)C[C@H]1C(=O)N[C@@H]1CCCc2ccccc21)C1CCCCC1. The van der Waals surface area contributed by atoms with E-state index in [2.05, 4.69) is 58.5 Å². The van der Waals surface area contributed by atoms with Gasteiger partial charge in [-0.25, -0.2) is 28.4 Å². The number of aromatic nitrogens is 6. The van der Waals surface area contributed by atoms with Gasteiger partial charge >= 0.3 is 0 Å². The molecule has 9 rings (SSSR count). The number of hydrogen-bond donors (Lipinski definition) is 5. The summed E-state index contributed by atoms with van der Waals surface area (Å²) in [4.78, 5) is 64.9. The van der Waals surface area contributed by atoms with Gasteiger partial charge in [-0.15, -0.1) is 0 Å². The monoisotopic (exact) mass is 1060 g/mol. The van der Waals surface area contributed by atoms with Crippen LogP contribution in [0.25, 0.3) is 10.9 Å². The average Bonchev–Trinajstić information content (AvgIpc) is 4.00. The van der Waals surface area contributed by atoms with Gasteiger partial charge in [0.15, 0.2) is 21.4 Å². The smallest absolute Gasteiger partial charge is 0.246 e. The summed E-state index contributed by atoms with van der Waals surface area (Å²) in [5.74, 6) is 2.07. The van der Waals surface area contributed by atoms with E-state index in [4.69, 9.17) is 19.4 Å². The minimum absolute atomic E-state index is 0.0308. The molecule has 2 aromatic carbocycles. The van der Waals surface area contributed by atoms with Gasteiger partial charge in [-0.3, -0.25) is 19.5 Å². The second-order valence-corrected chi connectivity index (χ2v) is 24.9. The lowest BCUT2D eigenvalue weighted by Crippen LogP contribution is -2.58. The normalized spacial score (nSPS) is 20.4. The number of piperidine rings is 1. The number of carbonyl (C=O) groups excluding carboxylic acids is 3. The Bertz CT molecular complexity index is 2970. The molecule has 0 bridgehead atoms. The molecular formula is C56H76N12O7S. The predicted molar refractivity (Wildman–Crippen MR) is 291 cm³/mol. The third-order valence-corrected chi connectivity index (χ3v) is 18.7. The Morgan fingerprint density at radius 2 is 1.67 bits per heavy atom. The number of nitrogens with zero attached hydrogens (tertiary/aromatic N) is 7. The molecule has 2 aliphatic carbocycles. The summed E-state index contributed by atoms with van der Waals surface area (Å²) in [7, 11) is -2.10. The fourth-order valence-electron chi connectivity index (χ4n) is 11.2. The van der Waals surface area contributed by atoms with E-state index in [9.17, 15) is 22.8 Å². The Labute approximate surface area is 446 Å². The molecular weight excluding hydrogens is 985 g/mol. The van der Waals surface area contributed by atoms with E-state index in [1.165, 1.54) is 11.9 Å². The van der Waals surface area contributed by atoms with E-state index >= 15 is 0 Å². The van der Waals surface area contributed by atoms with Gasteiger partial charge in [-0.2, -0.15) is 5.10 Å². The van der Waals surface area contributed by atoms with Crippen molar-refractivity contribution in [1.82, 2.24) is 51.0 Å². The van der Waals surface area contributed by atoms with E-state index in [-0.39, 0.29) is 53.3 Å². The molecule has 0 spiro atoms. The maximum Gasteiger partial charge on any atom is 0.246 e. The number of carbonyl (C=O) groups is 3. The highest BCUT2D eigenvalue weighted by atomic mass is 32.2. The molecule has 2 saturated heterocycles. The molecule has 5 N–H and O–H groups in total. The fourth-order valence-corrected chi connectivity index (χ4v) is 12.5. The third-order valence-electron chi connectivity index (χ3n) is 16.2. The summed E-state index contributed by atoms with van der Waals surface area (Å²) in [6.45, 7) is 12.7. The lowest BCUT2D eigenvalue weighted by Gasteiger charge is -2.35. The van der Waals surface area contributed by atoms with Gasteiger partial charge in [0.1, 0.15) is 41.0 Å². The number of H-pyrrole nitrogens is 1. The van der Waals surface area contributed by atoms with Crippen molar-refractivity contribution in [3.05, 3.63) is 77.5 Å². The van der Waals surface area contributed by atoms with Crippen molar-refractivity contribution in [3.63, 3.8) is 0 Å². The van der Waals surface area contributed by atoms with E-state index in [0.29, 0.717) is 46.8 Å². The molecule has 20 heteroatoms.